The maximum atomic E-state index is 13.2. The summed E-state index contributed by atoms with van der Waals surface area (Å²) < 4.78 is 79.2. The molecular formula is C31H44F6O4. The van der Waals surface area contributed by atoms with Gasteiger partial charge in [-0.25, -0.2) is 0 Å². The first-order valence-electron chi connectivity index (χ1n) is 14.6. The highest BCUT2D eigenvalue weighted by molar-refractivity contribution is 5.27. The van der Waals surface area contributed by atoms with E-state index in [0.717, 1.165) is 43.6 Å². The number of aliphatic hydroxyl groups excluding tert-OH is 2. The maximum Gasteiger partial charge on any atom is 0.438 e. The van der Waals surface area contributed by atoms with Crippen molar-refractivity contribution in [3.8, 4) is 11.8 Å². The smallest absolute Gasteiger partial charge is 0.393 e. The zero-order chi connectivity index (χ0) is 30.9. The topological polar surface area (TPSA) is 80.9 Å². The Kier molecular flexibility index (Phi) is 10.4. The second kappa shape index (κ2) is 12.6. The largest absolute Gasteiger partial charge is 0.438 e. The van der Waals surface area contributed by atoms with Crippen LogP contribution in [-0.2, 0) is 0 Å². The van der Waals surface area contributed by atoms with Gasteiger partial charge in [0.05, 0.1) is 17.8 Å². The van der Waals surface area contributed by atoms with E-state index in [0.29, 0.717) is 38.5 Å². The number of aliphatic hydroxyl groups is 4. The Bertz CT molecular complexity index is 1000. The van der Waals surface area contributed by atoms with Gasteiger partial charge in [-0.1, -0.05) is 42.6 Å². The normalized spacial score (nSPS) is 31.4. The molecule has 3 rings (SSSR count). The molecule has 0 aromatic heterocycles. The third-order valence-corrected chi connectivity index (χ3v) is 9.50. The van der Waals surface area contributed by atoms with Gasteiger partial charge in [-0.2, -0.15) is 26.3 Å². The minimum Gasteiger partial charge on any atom is -0.393 e. The van der Waals surface area contributed by atoms with Crippen LogP contribution in [0.5, 0.6) is 0 Å². The Balaban J connectivity index is 1.87. The lowest BCUT2D eigenvalue weighted by molar-refractivity contribution is -0.343. The number of rotatable bonds is 7. The number of halogens is 6. The molecule has 0 aromatic rings. The molecule has 0 bridgehead atoms. The number of alkyl halides is 6. The molecule has 0 aliphatic heterocycles. The molecule has 0 saturated heterocycles. The second-order valence-corrected chi connectivity index (χ2v) is 13.3. The third kappa shape index (κ3) is 8.10. The summed E-state index contributed by atoms with van der Waals surface area (Å²) in [6.07, 6.45) is -2.19. The second-order valence-electron chi connectivity index (χ2n) is 13.3. The Morgan fingerprint density at radius 1 is 0.976 bits per heavy atom. The molecule has 10 heteroatoms. The first kappa shape index (κ1) is 34.0. The van der Waals surface area contributed by atoms with Gasteiger partial charge in [-0.05, 0) is 107 Å². The molecule has 2 unspecified atom stereocenters. The van der Waals surface area contributed by atoms with E-state index in [4.69, 9.17) is 0 Å². The van der Waals surface area contributed by atoms with Crippen LogP contribution < -0.4 is 0 Å². The Labute approximate surface area is 238 Å². The van der Waals surface area contributed by atoms with E-state index < -0.39 is 35.8 Å². The molecule has 234 valence electrons. The Morgan fingerprint density at radius 2 is 1.59 bits per heavy atom. The van der Waals surface area contributed by atoms with E-state index >= 15 is 0 Å². The fourth-order valence-corrected chi connectivity index (χ4v) is 7.44. The Morgan fingerprint density at radius 3 is 2.15 bits per heavy atom. The van der Waals surface area contributed by atoms with Crippen molar-refractivity contribution in [2.45, 2.75) is 134 Å². The van der Waals surface area contributed by atoms with Crippen LogP contribution in [0.1, 0.15) is 97.8 Å². The zero-order valence-electron chi connectivity index (χ0n) is 24.1. The minimum atomic E-state index is -5.99. The highest BCUT2D eigenvalue weighted by Gasteiger charge is 2.70. The van der Waals surface area contributed by atoms with Gasteiger partial charge in [0, 0.05) is 6.42 Å². The molecule has 3 aliphatic rings. The fraction of sp³-hybridized carbons (Fsp3) is 0.806. The summed E-state index contributed by atoms with van der Waals surface area (Å²) in [5, 5.41) is 39.7. The zero-order valence-corrected chi connectivity index (χ0v) is 24.1. The summed E-state index contributed by atoms with van der Waals surface area (Å²) in [7, 11) is 0. The lowest BCUT2D eigenvalue weighted by Gasteiger charge is -2.45. The number of hydrogen-bond donors (Lipinski definition) is 4. The van der Waals surface area contributed by atoms with E-state index in [1.807, 2.05) is 6.08 Å². The van der Waals surface area contributed by atoms with Gasteiger partial charge in [0.2, 0.25) is 0 Å². The lowest BCUT2D eigenvalue weighted by Crippen LogP contribution is -2.55. The summed E-state index contributed by atoms with van der Waals surface area (Å²) in [4.78, 5) is 0. The molecule has 4 N–H and O–H groups in total. The van der Waals surface area contributed by atoms with Crippen LogP contribution in [0.2, 0.25) is 0 Å². The quantitative estimate of drug-likeness (QED) is 0.194. The van der Waals surface area contributed by atoms with Crippen molar-refractivity contribution in [1.29, 1.82) is 0 Å². The molecule has 4 nitrogen and oxygen atoms in total. The molecule has 0 aromatic carbocycles. The van der Waals surface area contributed by atoms with Gasteiger partial charge in [0.15, 0.2) is 0 Å². The van der Waals surface area contributed by atoms with Gasteiger partial charge >= 0.3 is 18.0 Å². The molecule has 41 heavy (non-hydrogen) atoms. The summed E-state index contributed by atoms with van der Waals surface area (Å²) in [5.74, 6) is 3.13. The van der Waals surface area contributed by atoms with Crippen molar-refractivity contribution in [1.82, 2.24) is 0 Å². The van der Waals surface area contributed by atoms with Crippen molar-refractivity contribution in [3.05, 3.63) is 23.3 Å². The maximum absolute atomic E-state index is 13.2. The molecule has 0 radical (unpaired) electrons. The van der Waals surface area contributed by atoms with Crippen LogP contribution in [0.25, 0.3) is 0 Å². The monoisotopic (exact) mass is 594 g/mol. The number of fused-ring (bicyclic) bond motifs is 1. The fourth-order valence-electron chi connectivity index (χ4n) is 7.44. The predicted octanol–water partition coefficient (Wildman–Crippen LogP) is 6.77. The number of hydrogen-bond acceptors (Lipinski definition) is 4. The average Bonchev–Trinajstić information content (AvgIpc) is 3.16. The van der Waals surface area contributed by atoms with Crippen molar-refractivity contribution in [2.24, 2.45) is 23.2 Å². The summed E-state index contributed by atoms with van der Waals surface area (Å²) >= 11 is 0. The molecule has 3 fully saturated rings. The standard InChI is InChI=1S/C31H44F6O4/c1-27(2,40)14-4-7-21(9-6-16-29(41,30(32,33)34)31(35,36)37)25-12-13-26-22(8-5-15-28(25,26)3)11-10-20-17-23(38)19-24(39)18-20/h10-11,21,23-26,38-41H,4-5,7-9,12-15,17-19H2,1-3H3/b22-11+/t21-,23+,24+,25?,26?,28+/m0/s1. The minimum absolute atomic E-state index is 0.00292. The molecule has 0 amide bonds. The van der Waals surface area contributed by atoms with Gasteiger partial charge in [-0.15, -0.1) is 0 Å². The molecule has 3 aliphatic carbocycles. The van der Waals surface area contributed by atoms with Gasteiger partial charge in [0.25, 0.3) is 0 Å². The molecular weight excluding hydrogens is 550 g/mol. The van der Waals surface area contributed by atoms with Gasteiger partial charge < -0.3 is 20.4 Å². The number of allylic oxidation sites excluding steroid dienone is 3. The van der Waals surface area contributed by atoms with E-state index in [1.165, 1.54) is 5.57 Å². The van der Waals surface area contributed by atoms with Crippen molar-refractivity contribution in [3.63, 3.8) is 0 Å². The Hall–Kier alpha value is -1.54. The highest BCUT2D eigenvalue weighted by Crippen LogP contribution is 2.60. The summed E-state index contributed by atoms with van der Waals surface area (Å²) in [6.45, 7) is 5.46. The van der Waals surface area contributed by atoms with Gasteiger partial charge in [-0.3, -0.25) is 0 Å². The summed E-state index contributed by atoms with van der Waals surface area (Å²) in [5.41, 5.74) is -4.05. The SMILES string of the molecule is CC(C)(O)CCC[C@@H](CC#CC(O)(C(F)(F)F)C(F)(F)F)C1CCC2/C(=C/C=C3C[C@@H](O)C[C@H](O)C3)CCC[C@@]21C. The first-order valence-corrected chi connectivity index (χ1v) is 14.6. The van der Waals surface area contributed by atoms with E-state index in [1.54, 1.807) is 13.8 Å². The van der Waals surface area contributed by atoms with Crippen molar-refractivity contribution in [2.75, 3.05) is 0 Å². The molecule has 3 saturated carbocycles. The van der Waals surface area contributed by atoms with Crippen molar-refractivity contribution < 1.29 is 46.8 Å². The van der Waals surface area contributed by atoms with E-state index in [-0.39, 0.29) is 29.6 Å². The molecule has 0 heterocycles. The van der Waals surface area contributed by atoms with Crippen LogP contribution >= 0.6 is 0 Å². The van der Waals surface area contributed by atoms with E-state index in [2.05, 4.69) is 18.9 Å². The van der Waals surface area contributed by atoms with Crippen LogP contribution in [0.4, 0.5) is 26.3 Å². The van der Waals surface area contributed by atoms with Gasteiger partial charge in [0.1, 0.15) is 0 Å². The van der Waals surface area contributed by atoms with E-state index in [9.17, 15) is 46.8 Å². The van der Waals surface area contributed by atoms with Crippen molar-refractivity contribution >= 4 is 0 Å². The molecule has 6 atom stereocenters. The predicted molar refractivity (Wildman–Crippen MR) is 143 cm³/mol. The van der Waals surface area contributed by atoms with Crippen LogP contribution in [0.3, 0.4) is 0 Å². The average molecular weight is 595 g/mol. The van der Waals surface area contributed by atoms with Crippen LogP contribution in [0, 0.1) is 35.0 Å². The molecule has 0 spiro atoms. The highest BCUT2D eigenvalue weighted by atomic mass is 19.4. The lowest BCUT2D eigenvalue weighted by atomic mass is 9.60. The van der Waals surface area contributed by atoms with Crippen LogP contribution in [0.15, 0.2) is 23.3 Å². The first-order chi connectivity index (χ1) is 18.8. The summed E-state index contributed by atoms with van der Waals surface area (Å²) in [6, 6.07) is 0. The third-order valence-electron chi connectivity index (χ3n) is 9.50. The van der Waals surface area contributed by atoms with Crippen LogP contribution in [-0.4, -0.2) is 56.2 Å².